The zero-order valence-corrected chi connectivity index (χ0v) is 16.6. The zero-order chi connectivity index (χ0) is 19.9. The lowest BCUT2D eigenvalue weighted by atomic mass is 10.2. The number of unbranched alkanes of at least 4 members (excludes halogenated alkanes) is 1. The molecule has 2 aromatic heterocycles. The van der Waals surface area contributed by atoms with Crippen molar-refractivity contribution in [1.82, 2.24) is 9.97 Å². The lowest BCUT2D eigenvalue weighted by molar-refractivity contribution is 0.0499. The van der Waals surface area contributed by atoms with Crippen LogP contribution in [0.25, 0.3) is 10.7 Å². The van der Waals surface area contributed by atoms with E-state index in [1.807, 2.05) is 25.1 Å². The van der Waals surface area contributed by atoms with Crippen molar-refractivity contribution in [3.05, 3.63) is 64.8 Å². The van der Waals surface area contributed by atoms with Gasteiger partial charge < -0.3 is 10.1 Å². The van der Waals surface area contributed by atoms with Crippen LogP contribution in [0.15, 0.2) is 48.7 Å². The Morgan fingerprint density at radius 2 is 1.93 bits per heavy atom. The molecule has 0 saturated heterocycles. The van der Waals surface area contributed by atoms with E-state index in [9.17, 15) is 9.59 Å². The van der Waals surface area contributed by atoms with Crippen LogP contribution in [0.3, 0.4) is 0 Å². The van der Waals surface area contributed by atoms with Gasteiger partial charge in [-0.05, 0) is 49.7 Å². The summed E-state index contributed by atoms with van der Waals surface area (Å²) in [7, 11) is 0. The number of pyridine rings is 1. The lowest BCUT2D eigenvalue weighted by Crippen LogP contribution is -2.12. The van der Waals surface area contributed by atoms with Gasteiger partial charge >= 0.3 is 5.97 Å². The molecule has 0 radical (unpaired) electrons. The number of hydrogen-bond donors (Lipinski definition) is 1. The van der Waals surface area contributed by atoms with E-state index >= 15 is 0 Å². The minimum Gasteiger partial charge on any atom is -0.462 e. The number of anilines is 1. The van der Waals surface area contributed by atoms with Gasteiger partial charge in [0, 0.05) is 11.9 Å². The van der Waals surface area contributed by atoms with Gasteiger partial charge in [-0.15, -0.1) is 11.3 Å². The lowest BCUT2D eigenvalue weighted by Gasteiger charge is -2.06. The molecule has 6 nitrogen and oxygen atoms in total. The normalized spacial score (nSPS) is 10.5. The highest BCUT2D eigenvalue weighted by Gasteiger charge is 2.17. The minimum atomic E-state index is -0.357. The van der Waals surface area contributed by atoms with Crippen LogP contribution in [0.1, 0.15) is 45.5 Å². The average molecular weight is 395 g/mol. The predicted octanol–water partition coefficient (Wildman–Crippen LogP) is 4.72. The Morgan fingerprint density at radius 3 is 2.61 bits per heavy atom. The Balaban J connectivity index is 1.66. The molecular weight excluding hydrogens is 374 g/mol. The smallest absolute Gasteiger partial charge is 0.338 e. The number of nitrogens with zero attached hydrogens (tertiary/aromatic N) is 2. The van der Waals surface area contributed by atoms with E-state index in [-0.39, 0.29) is 11.9 Å². The van der Waals surface area contributed by atoms with Crippen LogP contribution in [0.5, 0.6) is 0 Å². The number of carbonyl (C=O) groups excluding carboxylic acids is 2. The molecule has 0 unspecified atom stereocenters. The summed E-state index contributed by atoms with van der Waals surface area (Å²) in [5, 5.41) is 3.54. The summed E-state index contributed by atoms with van der Waals surface area (Å²) >= 11 is 1.30. The number of nitrogens with one attached hydrogen (secondary N) is 1. The van der Waals surface area contributed by atoms with Gasteiger partial charge in [0.25, 0.3) is 5.91 Å². The van der Waals surface area contributed by atoms with Crippen molar-refractivity contribution in [3.63, 3.8) is 0 Å². The van der Waals surface area contributed by atoms with Crippen LogP contribution in [0, 0.1) is 6.92 Å². The number of ether oxygens (including phenoxy) is 1. The largest absolute Gasteiger partial charge is 0.462 e. The van der Waals surface area contributed by atoms with Crippen molar-refractivity contribution < 1.29 is 14.3 Å². The van der Waals surface area contributed by atoms with E-state index in [0.717, 1.165) is 18.5 Å². The molecule has 0 aliphatic heterocycles. The van der Waals surface area contributed by atoms with E-state index in [0.29, 0.717) is 33.4 Å². The fraction of sp³-hybridized carbons (Fsp3) is 0.238. The number of amides is 1. The standard InChI is InChI=1S/C21H21N3O3S/c1-3-4-13-27-21(26)15-8-10-16(11-9-15)24-19(25)18-14(2)23-20(28-18)17-7-5-6-12-22-17/h5-12H,3-4,13H2,1-2H3,(H,24,25). The van der Waals surface area contributed by atoms with E-state index in [4.69, 9.17) is 4.74 Å². The molecule has 0 fully saturated rings. The summed E-state index contributed by atoms with van der Waals surface area (Å²) in [6.45, 7) is 4.25. The second-order valence-corrected chi connectivity index (χ2v) is 7.17. The van der Waals surface area contributed by atoms with E-state index in [2.05, 4.69) is 15.3 Å². The second-order valence-electron chi connectivity index (χ2n) is 6.17. The predicted molar refractivity (Wildman–Crippen MR) is 110 cm³/mol. The molecule has 1 amide bonds. The van der Waals surface area contributed by atoms with Gasteiger partial charge in [0.05, 0.1) is 23.6 Å². The summed E-state index contributed by atoms with van der Waals surface area (Å²) in [6.07, 6.45) is 3.51. The molecule has 0 aliphatic carbocycles. The minimum absolute atomic E-state index is 0.240. The first-order valence-corrected chi connectivity index (χ1v) is 9.87. The van der Waals surface area contributed by atoms with E-state index < -0.39 is 0 Å². The third kappa shape index (κ3) is 4.80. The summed E-state index contributed by atoms with van der Waals surface area (Å²) in [5.41, 5.74) is 2.45. The molecule has 1 aromatic carbocycles. The topological polar surface area (TPSA) is 81.2 Å². The highest BCUT2D eigenvalue weighted by atomic mass is 32.1. The summed E-state index contributed by atoms with van der Waals surface area (Å²) in [4.78, 5) is 33.8. The molecule has 2 heterocycles. The first-order valence-electron chi connectivity index (χ1n) is 9.06. The number of benzene rings is 1. The van der Waals surface area contributed by atoms with Crippen LogP contribution < -0.4 is 5.32 Å². The van der Waals surface area contributed by atoms with E-state index in [1.165, 1.54) is 11.3 Å². The number of esters is 1. The molecule has 1 N–H and O–H groups in total. The molecule has 7 heteroatoms. The Morgan fingerprint density at radius 1 is 1.14 bits per heavy atom. The van der Waals surface area contributed by atoms with Crippen molar-refractivity contribution in [2.45, 2.75) is 26.7 Å². The highest BCUT2D eigenvalue weighted by molar-refractivity contribution is 7.17. The Bertz CT molecular complexity index is 953. The van der Waals surface area contributed by atoms with Crippen LogP contribution in [-0.4, -0.2) is 28.5 Å². The molecule has 0 spiro atoms. The maximum Gasteiger partial charge on any atom is 0.338 e. The van der Waals surface area contributed by atoms with E-state index in [1.54, 1.807) is 37.4 Å². The van der Waals surface area contributed by atoms with Gasteiger partial charge in [-0.1, -0.05) is 19.4 Å². The molecule has 0 atom stereocenters. The number of thiazole rings is 1. The fourth-order valence-electron chi connectivity index (χ4n) is 2.48. The summed E-state index contributed by atoms with van der Waals surface area (Å²) < 4.78 is 5.18. The Labute approximate surface area is 167 Å². The quantitative estimate of drug-likeness (QED) is 0.462. The van der Waals surface area contributed by atoms with Gasteiger partial charge in [0.1, 0.15) is 9.88 Å². The van der Waals surface area contributed by atoms with Gasteiger partial charge in [-0.25, -0.2) is 9.78 Å². The first kappa shape index (κ1) is 19.7. The molecule has 28 heavy (non-hydrogen) atoms. The van der Waals surface area contributed by atoms with Crippen molar-refractivity contribution in [1.29, 1.82) is 0 Å². The number of aromatic nitrogens is 2. The molecule has 144 valence electrons. The summed E-state index contributed by atoms with van der Waals surface area (Å²) in [6, 6.07) is 12.2. The molecule has 3 rings (SSSR count). The molecule has 0 saturated carbocycles. The van der Waals surface area contributed by atoms with Crippen molar-refractivity contribution in [3.8, 4) is 10.7 Å². The maximum absolute atomic E-state index is 12.6. The first-order chi connectivity index (χ1) is 13.6. The van der Waals surface area contributed by atoms with Gasteiger partial charge in [0.2, 0.25) is 0 Å². The van der Waals surface area contributed by atoms with Crippen LogP contribution in [0.4, 0.5) is 5.69 Å². The van der Waals surface area contributed by atoms with Crippen LogP contribution in [0.2, 0.25) is 0 Å². The second kappa shape index (κ2) is 9.23. The van der Waals surface area contributed by atoms with Gasteiger partial charge in [-0.3, -0.25) is 9.78 Å². The van der Waals surface area contributed by atoms with Crippen molar-refractivity contribution in [2.75, 3.05) is 11.9 Å². The number of carbonyl (C=O) groups is 2. The SMILES string of the molecule is CCCCOC(=O)c1ccc(NC(=O)c2sc(-c3ccccn3)nc2C)cc1. The third-order valence-electron chi connectivity index (χ3n) is 4.00. The van der Waals surface area contributed by atoms with Crippen LogP contribution in [-0.2, 0) is 4.74 Å². The Hall–Kier alpha value is -3.06. The van der Waals surface area contributed by atoms with Gasteiger partial charge in [-0.2, -0.15) is 0 Å². The monoisotopic (exact) mass is 395 g/mol. The molecule has 3 aromatic rings. The zero-order valence-electron chi connectivity index (χ0n) is 15.8. The van der Waals surface area contributed by atoms with Crippen molar-refractivity contribution >= 4 is 28.9 Å². The summed E-state index contributed by atoms with van der Waals surface area (Å²) in [5.74, 6) is -0.597. The number of aryl methyl sites for hydroxylation is 1. The third-order valence-corrected chi connectivity index (χ3v) is 5.18. The molecular formula is C21H21N3O3S. The van der Waals surface area contributed by atoms with Crippen LogP contribution >= 0.6 is 11.3 Å². The number of rotatable bonds is 7. The highest BCUT2D eigenvalue weighted by Crippen LogP contribution is 2.27. The molecule has 0 aliphatic rings. The average Bonchev–Trinajstić information content (AvgIpc) is 3.11. The van der Waals surface area contributed by atoms with Gasteiger partial charge in [0.15, 0.2) is 0 Å². The number of hydrogen-bond acceptors (Lipinski definition) is 6. The maximum atomic E-state index is 12.6. The fourth-order valence-corrected chi connectivity index (χ4v) is 3.41. The molecule has 0 bridgehead atoms. The Kier molecular flexibility index (Phi) is 6.49. The van der Waals surface area contributed by atoms with Crippen molar-refractivity contribution in [2.24, 2.45) is 0 Å².